The molecule has 3 aromatic rings. The molecule has 6 heteroatoms. The van der Waals surface area contributed by atoms with Crippen LogP contribution in [0.2, 0.25) is 0 Å². The van der Waals surface area contributed by atoms with Gasteiger partial charge in [-0.25, -0.2) is 4.98 Å². The molecule has 0 unspecified atom stereocenters. The number of rotatable bonds is 8. The highest BCUT2D eigenvalue weighted by Crippen LogP contribution is 2.28. The lowest BCUT2D eigenvalue weighted by Gasteiger charge is -2.07. The number of anilines is 1. The van der Waals surface area contributed by atoms with Crippen molar-refractivity contribution in [3.8, 4) is 22.8 Å². The lowest BCUT2D eigenvalue weighted by atomic mass is 10.1. The minimum absolute atomic E-state index is 0.237. The Hall–Kier alpha value is -3.12. The van der Waals surface area contributed by atoms with Crippen LogP contribution in [-0.4, -0.2) is 25.1 Å². The quantitative estimate of drug-likeness (QED) is 0.505. The molecule has 0 aliphatic rings. The van der Waals surface area contributed by atoms with Crippen molar-refractivity contribution >= 4 is 28.5 Å². The average molecular weight is 409 g/mol. The Morgan fingerprint density at radius 3 is 2.55 bits per heavy atom. The van der Waals surface area contributed by atoms with Gasteiger partial charge in [-0.2, -0.15) is 0 Å². The zero-order valence-corrected chi connectivity index (χ0v) is 17.6. The third kappa shape index (κ3) is 5.45. The Bertz CT molecular complexity index is 994. The highest BCUT2D eigenvalue weighted by atomic mass is 32.1. The molecule has 0 atom stereocenters. The highest BCUT2D eigenvalue weighted by Gasteiger charge is 2.07. The molecule has 0 radical (unpaired) electrons. The number of ether oxygens (including phenoxy) is 2. The summed E-state index contributed by atoms with van der Waals surface area (Å²) < 4.78 is 10.5. The molecule has 0 aliphatic heterocycles. The molecule has 0 saturated heterocycles. The molecule has 1 N–H and O–H groups in total. The summed E-state index contributed by atoms with van der Waals surface area (Å²) in [6.45, 7) is 2.17. The van der Waals surface area contributed by atoms with E-state index in [0.717, 1.165) is 29.7 Å². The summed E-state index contributed by atoms with van der Waals surface area (Å²) in [7, 11) is 3.16. The van der Waals surface area contributed by atoms with Crippen molar-refractivity contribution in [2.75, 3.05) is 19.5 Å². The zero-order valence-electron chi connectivity index (χ0n) is 16.8. The van der Waals surface area contributed by atoms with Crippen molar-refractivity contribution in [3.05, 3.63) is 65.0 Å². The second kappa shape index (κ2) is 9.89. The highest BCUT2D eigenvalue weighted by molar-refractivity contribution is 7.14. The van der Waals surface area contributed by atoms with Crippen LogP contribution in [0.1, 0.15) is 24.5 Å². The zero-order chi connectivity index (χ0) is 20.6. The van der Waals surface area contributed by atoms with E-state index in [1.54, 1.807) is 26.4 Å². The molecule has 29 heavy (non-hydrogen) atoms. The standard InChI is InChI=1S/C23H24N2O3S/c1-4-5-16-6-10-18(11-7-16)19-15-29-23(24-19)25-22(26)13-9-17-8-12-20(27-2)21(14-17)28-3/h6-15H,4-5H2,1-3H3,(H,24,25,26)/b13-9+. The molecule has 0 fully saturated rings. The number of nitrogens with zero attached hydrogens (tertiary/aromatic N) is 1. The van der Waals surface area contributed by atoms with E-state index in [0.29, 0.717) is 16.6 Å². The molecule has 0 bridgehead atoms. The third-order valence-electron chi connectivity index (χ3n) is 4.36. The first-order valence-corrected chi connectivity index (χ1v) is 10.3. The molecule has 3 rings (SSSR count). The van der Waals surface area contributed by atoms with Gasteiger partial charge in [0.25, 0.3) is 0 Å². The molecule has 0 saturated carbocycles. The largest absolute Gasteiger partial charge is 0.493 e. The molecule has 1 amide bonds. The monoisotopic (exact) mass is 408 g/mol. The Labute approximate surface area is 175 Å². The second-order valence-corrected chi connectivity index (χ2v) is 7.28. The van der Waals surface area contributed by atoms with Crippen LogP contribution in [0.3, 0.4) is 0 Å². The van der Waals surface area contributed by atoms with Gasteiger partial charge in [0.05, 0.1) is 19.9 Å². The number of carbonyl (C=O) groups is 1. The predicted octanol–water partition coefficient (Wildman–Crippen LogP) is 5.43. The fourth-order valence-corrected chi connectivity index (χ4v) is 3.59. The van der Waals surface area contributed by atoms with Crippen molar-refractivity contribution in [3.63, 3.8) is 0 Å². The molecular weight excluding hydrogens is 384 g/mol. The number of hydrogen-bond acceptors (Lipinski definition) is 5. The van der Waals surface area contributed by atoms with E-state index in [1.165, 1.54) is 23.0 Å². The van der Waals surface area contributed by atoms with Crippen molar-refractivity contribution in [1.82, 2.24) is 4.98 Å². The van der Waals surface area contributed by atoms with Gasteiger partial charge in [-0.15, -0.1) is 11.3 Å². The van der Waals surface area contributed by atoms with Crippen molar-refractivity contribution in [2.45, 2.75) is 19.8 Å². The maximum absolute atomic E-state index is 12.2. The van der Waals surface area contributed by atoms with Gasteiger partial charge in [-0.1, -0.05) is 43.7 Å². The minimum Gasteiger partial charge on any atom is -0.493 e. The van der Waals surface area contributed by atoms with E-state index < -0.39 is 0 Å². The van der Waals surface area contributed by atoms with Crippen LogP contribution in [0.15, 0.2) is 53.9 Å². The number of thiazole rings is 1. The van der Waals surface area contributed by atoms with Crippen LogP contribution in [0.25, 0.3) is 17.3 Å². The number of methoxy groups -OCH3 is 2. The Kier molecular flexibility index (Phi) is 7.03. The first-order chi connectivity index (χ1) is 14.1. The molecular formula is C23H24N2O3S. The van der Waals surface area contributed by atoms with Crippen LogP contribution in [0.5, 0.6) is 11.5 Å². The molecule has 5 nitrogen and oxygen atoms in total. The fraction of sp³-hybridized carbons (Fsp3) is 0.217. The van der Waals surface area contributed by atoms with Gasteiger partial charge in [-0.05, 0) is 35.8 Å². The van der Waals surface area contributed by atoms with Gasteiger partial charge >= 0.3 is 0 Å². The van der Waals surface area contributed by atoms with Crippen LogP contribution < -0.4 is 14.8 Å². The first kappa shape index (κ1) is 20.6. The van der Waals surface area contributed by atoms with E-state index in [2.05, 4.69) is 41.5 Å². The van der Waals surface area contributed by atoms with Crippen LogP contribution >= 0.6 is 11.3 Å². The van der Waals surface area contributed by atoms with Gasteiger partial charge in [0, 0.05) is 17.0 Å². The summed E-state index contributed by atoms with van der Waals surface area (Å²) >= 11 is 1.41. The van der Waals surface area contributed by atoms with Crippen LogP contribution in [-0.2, 0) is 11.2 Å². The number of hydrogen-bond donors (Lipinski definition) is 1. The lowest BCUT2D eigenvalue weighted by molar-refractivity contribution is -0.111. The Morgan fingerprint density at radius 1 is 1.10 bits per heavy atom. The van der Waals surface area contributed by atoms with Crippen molar-refractivity contribution in [2.24, 2.45) is 0 Å². The van der Waals surface area contributed by atoms with Crippen LogP contribution in [0, 0.1) is 0 Å². The molecule has 1 heterocycles. The van der Waals surface area contributed by atoms with E-state index in [4.69, 9.17) is 9.47 Å². The number of amides is 1. The first-order valence-electron chi connectivity index (χ1n) is 9.39. The van der Waals surface area contributed by atoms with E-state index >= 15 is 0 Å². The maximum Gasteiger partial charge on any atom is 0.250 e. The number of nitrogens with one attached hydrogen (secondary N) is 1. The smallest absolute Gasteiger partial charge is 0.250 e. The summed E-state index contributed by atoms with van der Waals surface area (Å²) in [5.41, 5.74) is 4.06. The van der Waals surface area contributed by atoms with Gasteiger partial charge in [0.2, 0.25) is 5.91 Å². The minimum atomic E-state index is -0.237. The van der Waals surface area contributed by atoms with E-state index in [9.17, 15) is 4.79 Å². The Balaban J connectivity index is 1.63. The van der Waals surface area contributed by atoms with E-state index in [-0.39, 0.29) is 5.91 Å². The van der Waals surface area contributed by atoms with Crippen LogP contribution in [0.4, 0.5) is 5.13 Å². The lowest BCUT2D eigenvalue weighted by Crippen LogP contribution is -2.07. The summed E-state index contributed by atoms with van der Waals surface area (Å²) in [6.07, 6.45) is 5.40. The van der Waals surface area contributed by atoms with Crippen molar-refractivity contribution in [1.29, 1.82) is 0 Å². The predicted molar refractivity (Wildman–Crippen MR) is 119 cm³/mol. The average Bonchev–Trinajstić information content (AvgIpc) is 3.21. The second-order valence-electron chi connectivity index (χ2n) is 6.42. The third-order valence-corrected chi connectivity index (χ3v) is 5.12. The summed E-state index contributed by atoms with van der Waals surface area (Å²) in [5.74, 6) is 1.02. The van der Waals surface area contributed by atoms with Gasteiger partial charge < -0.3 is 9.47 Å². The SMILES string of the molecule is CCCc1ccc(-c2csc(NC(=O)/C=C/c3ccc(OC)c(OC)c3)n2)cc1. The number of aryl methyl sites for hydroxylation is 1. The number of benzene rings is 2. The Morgan fingerprint density at radius 2 is 1.86 bits per heavy atom. The van der Waals surface area contributed by atoms with Gasteiger partial charge in [0.1, 0.15) is 0 Å². The number of carbonyl (C=O) groups excluding carboxylic acids is 1. The van der Waals surface area contributed by atoms with Crippen molar-refractivity contribution < 1.29 is 14.3 Å². The summed E-state index contributed by atoms with van der Waals surface area (Å²) in [4.78, 5) is 16.8. The molecule has 2 aromatic carbocycles. The summed E-state index contributed by atoms with van der Waals surface area (Å²) in [5, 5.41) is 5.33. The van der Waals surface area contributed by atoms with Gasteiger partial charge in [-0.3, -0.25) is 10.1 Å². The fourth-order valence-electron chi connectivity index (χ4n) is 2.87. The number of aromatic nitrogens is 1. The molecule has 0 spiro atoms. The maximum atomic E-state index is 12.2. The van der Waals surface area contributed by atoms with E-state index in [1.807, 2.05) is 17.5 Å². The summed E-state index contributed by atoms with van der Waals surface area (Å²) in [6, 6.07) is 13.9. The topological polar surface area (TPSA) is 60.5 Å². The molecule has 1 aromatic heterocycles. The molecule has 0 aliphatic carbocycles. The molecule has 150 valence electrons. The normalized spacial score (nSPS) is 10.9. The van der Waals surface area contributed by atoms with Gasteiger partial charge in [0.15, 0.2) is 16.6 Å².